The number of hydrogen-bond donors (Lipinski definition) is 0. The molecule has 0 unspecified atom stereocenters. The molecule has 100 valence electrons. The van der Waals surface area contributed by atoms with E-state index in [9.17, 15) is 10.1 Å². The Morgan fingerprint density at radius 3 is 2.70 bits per heavy atom. The molecule has 0 amide bonds. The zero-order chi connectivity index (χ0) is 14.7. The Kier molecular flexibility index (Phi) is 4.01. The highest BCUT2D eigenvalue weighted by atomic mass is 79.9. The number of aryl methyl sites for hydroxylation is 1. The fourth-order valence-electron chi connectivity index (χ4n) is 1.64. The van der Waals surface area contributed by atoms with E-state index in [1.54, 1.807) is 12.1 Å². The molecule has 5 nitrogen and oxygen atoms in total. The standard InChI is InChI=1S/C14H9BrN2O3/c1-9-2-3-11(15)7-14(9)20-12-4-5-13(17(18)19)10(6-12)8-16/h2-7H,1H3. The lowest BCUT2D eigenvalue weighted by Crippen LogP contribution is -1.94. The normalized spacial score (nSPS) is 9.85. The minimum Gasteiger partial charge on any atom is -0.457 e. The highest BCUT2D eigenvalue weighted by Crippen LogP contribution is 2.30. The van der Waals surface area contributed by atoms with E-state index in [2.05, 4.69) is 15.9 Å². The summed E-state index contributed by atoms with van der Waals surface area (Å²) in [5, 5.41) is 19.7. The van der Waals surface area contributed by atoms with Crippen LogP contribution in [-0.2, 0) is 0 Å². The van der Waals surface area contributed by atoms with Crippen LogP contribution in [0.1, 0.15) is 11.1 Å². The van der Waals surface area contributed by atoms with Crippen molar-refractivity contribution < 1.29 is 9.66 Å². The van der Waals surface area contributed by atoms with Crippen LogP contribution in [0, 0.1) is 28.4 Å². The molecule has 0 saturated carbocycles. The molecule has 2 aromatic carbocycles. The lowest BCUT2D eigenvalue weighted by Gasteiger charge is -2.09. The molecule has 2 aromatic rings. The Labute approximate surface area is 123 Å². The van der Waals surface area contributed by atoms with Crippen LogP contribution in [0.4, 0.5) is 5.69 Å². The number of nitriles is 1. The van der Waals surface area contributed by atoms with Crippen molar-refractivity contribution in [3.8, 4) is 17.6 Å². The van der Waals surface area contributed by atoms with E-state index in [0.29, 0.717) is 11.5 Å². The van der Waals surface area contributed by atoms with Crippen LogP contribution in [0.25, 0.3) is 0 Å². The molecule has 0 spiro atoms. The van der Waals surface area contributed by atoms with Crippen LogP contribution in [0.15, 0.2) is 40.9 Å². The minimum absolute atomic E-state index is 0.0276. The zero-order valence-electron chi connectivity index (χ0n) is 10.5. The maximum absolute atomic E-state index is 10.8. The highest BCUT2D eigenvalue weighted by Gasteiger charge is 2.14. The van der Waals surface area contributed by atoms with Gasteiger partial charge in [0.15, 0.2) is 0 Å². The van der Waals surface area contributed by atoms with Crippen LogP contribution in [0.5, 0.6) is 11.5 Å². The van der Waals surface area contributed by atoms with E-state index in [-0.39, 0.29) is 11.3 Å². The SMILES string of the molecule is Cc1ccc(Br)cc1Oc1ccc([N+](=O)[O-])c(C#N)c1. The van der Waals surface area contributed by atoms with Gasteiger partial charge in [-0.3, -0.25) is 10.1 Å². The first-order valence-corrected chi connectivity index (χ1v) is 6.43. The summed E-state index contributed by atoms with van der Waals surface area (Å²) < 4.78 is 6.53. The van der Waals surface area contributed by atoms with Gasteiger partial charge in [-0.25, -0.2) is 0 Å². The zero-order valence-corrected chi connectivity index (χ0v) is 12.0. The summed E-state index contributed by atoms with van der Waals surface area (Å²) >= 11 is 3.35. The second kappa shape index (κ2) is 5.72. The molecule has 20 heavy (non-hydrogen) atoms. The van der Waals surface area contributed by atoms with Crippen molar-refractivity contribution in [1.29, 1.82) is 5.26 Å². The third kappa shape index (κ3) is 2.95. The van der Waals surface area contributed by atoms with Gasteiger partial charge >= 0.3 is 0 Å². The Hall–Kier alpha value is -2.39. The van der Waals surface area contributed by atoms with Crippen molar-refractivity contribution in [1.82, 2.24) is 0 Å². The fourth-order valence-corrected chi connectivity index (χ4v) is 1.98. The summed E-state index contributed by atoms with van der Waals surface area (Å²) in [6.07, 6.45) is 0. The quantitative estimate of drug-likeness (QED) is 0.619. The number of hydrogen-bond acceptors (Lipinski definition) is 4. The lowest BCUT2D eigenvalue weighted by atomic mass is 10.2. The van der Waals surface area contributed by atoms with Gasteiger partial charge in [-0.1, -0.05) is 22.0 Å². The smallest absolute Gasteiger partial charge is 0.287 e. The van der Waals surface area contributed by atoms with E-state index >= 15 is 0 Å². The summed E-state index contributed by atoms with van der Waals surface area (Å²) in [4.78, 5) is 10.2. The molecule has 0 atom stereocenters. The third-order valence-electron chi connectivity index (χ3n) is 2.66. The molecule has 0 fully saturated rings. The monoisotopic (exact) mass is 332 g/mol. The van der Waals surface area contributed by atoms with Crippen LogP contribution in [0.3, 0.4) is 0 Å². The van der Waals surface area contributed by atoms with Gasteiger partial charge in [-0.15, -0.1) is 0 Å². The summed E-state index contributed by atoms with van der Waals surface area (Å²) in [6, 6.07) is 11.5. The molecular formula is C14H9BrN2O3. The fraction of sp³-hybridized carbons (Fsp3) is 0.0714. The van der Waals surface area contributed by atoms with Gasteiger partial charge in [0.25, 0.3) is 5.69 Å². The Morgan fingerprint density at radius 1 is 1.30 bits per heavy atom. The van der Waals surface area contributed by atoms with Crippen molar-refractivity contribution in [2.24, 2.45) is 0 Å². The van der Waals surface area contributed by atoms with Gasteiger partial charge in [0.2, 0.25) is 0 Å². The van der Waals surface area contributed by atoms with Gasteiger partial charge in [0.1, 0.15) is 23.1 Å². The summed E-state index contributed by atoms with van der Waals surface area (Å²) in [5.41, 5.74) is 0.663. The number of benzene rings is 2. The van der Waals surface area contributed by atoms with Crippen LogP contribution < -0.4 is 4.74 Å². The lowest BCUT2D eigenvalue weighted by molar-refractivity contribution is -0.385. The summed E-state index contributed by atoms with van der Waals surface area (Å²) in [7, 11) is 0. The molecule has 0 radical (unpaired) electrons. The molecule has 6 heteroatoms. The highest BCUT2D eigenvalue weighted by molar-refractivity contribution is 9.10. The molecule has 0 bridgehead atoms. The second-order valence-electron chi connectivity index (χ2n) is 4.06. The first-order chi connectivity index (χ1) is 9.51. The summed E-state index contributed by atoms with van der Waals surface area (Å²) in [6.45, 7) is 1.89. The van der Waals surface area contributed by atoms with Gasteiger partial charge in [-0.05, 0) is 30.7 Å². The molecule has 0 aliphatic heterocycles. The topological polar surface area (TPSA) is 76.2 Å². The van der Waals surface area contributed by atoms with Crippen LogP contribution in [0.2, 0.25) is 0 Å². The van der Waals surface area contributed by atoms with Crippen LogP contribution >= 0.6 is 15.9 Å². The van der Waals surface area contributed by atoms with Gasteiger partial charge < -0.3 is 4.74 Å². The molecule has 0 aromatic heterocycles. The van der Waals surface area contributed by atoms with Crippen LogP contribution in [-0.4, -0.2) is 4.92 Å². The average Bonchev–Trinajstić information content (AvgIpc) is 2.42. The van der Waals surface area contributed by atoms with E-state index < -0.39 is 4.92 Å². The van der Waals surface area contributed by atoms with E-state index in [1.807, 2.05) is 19.1 Å². The molecule has 0 aliphatic rings. The number of nitrogens with zero attached hydrogens (tertiary/aromatic N) is 2. The van der Waals surface area contributed by atoms with Gasteiger partial charge in [0, 0.05) is 16.6 Å². The Bertz CT molecular complexity index is 723. The van der Waals surface area contributed by atoms with E-state index in [1.165, 1.54) is 18.2 Å². The largest absolute Gasteiger partial charge is 0.457 e. The van der Waals surface area contributed by atoms with Gasteiger partial charge in [-0.2, -0.15) is 5.26 Å². The Balaban J connectivity index is 2.38. The number of nitro benzene ring substituents is 1. The molecular weight excluding hydrogens is 324 g/mol. The van der Waals surface area contributed by atoms with Crippen molar-refractivity contribution in [3.05, 3.63) is 62.1 Å². The first kappa shape index (κ1) is 14.0. The average molecular weight is 333 g/mol. The summed E-state index contributed by atoms with van der Waals surface area (Å²) in [5.74, 6) is 1.01. The molecule has 0 aliphatic carbocycles. The Morgan fingerprint density at radius 2 is 2.05 bits per heavy atom. The van der Waals surface area contributed by atoms with E-state index in [0.717, 1.165) is 10.0 Å². The molecule has 2 rings (SSSR count). The predicted octanol–water partition coefficient (Wildman–Crippen LogP) is 4.33. The first-order valence-electron chi connectivity index (χ1n) is 5.64. The predicted molar refractivity (Wildman–Crippen MR) is 76.8 cm³/mol. The van der Waals surface area contributed by atoms with Crippen molar-refractivity contribution in [2.45, 2.75) is 6.92 Å². The van der Waals surface area contributed by atoms with Crippen molar-refractivity contribution >= 4 is 21.6 Å². The number of ether oxygens (including phenoxy) is 1. The number of rotatable bonds is 3. The molecule has 0 N–H and O–H groups in total. The van der Waals surface area contributed by atoms with E-state index in [4.69, 9.17) is 10.00 Å². The maximum atomic E-state index is 10.8. The maximum Gasteiger partial charge on any atom is 0.287 e. The second-order valence-corrected chi connectivity index (χ2v) is 4.98. The number of nitro groups is 1. The minimum atomic E-state index is -0.591. The molecule has 0 heterocycles. The molecule has 0 saturated heterocycles. The van der Waals surface area contributed by atoms with Crippen molar-refractivity contribution in [3.63, 3.8) is 0 Å². The van der Waals surface area contributed by atoms with Crippen molar-refractivity contribution in [2.75, 3.05) is 0 Å². The third-order valence-corrected chi connectivity index (χ3v) is 3.16. The number of halogens is 1. The van der Waals surface area contributed by atoms with Gasteiger partial charge in [0.05, 0.1) is 4.92 Å².